The van der Waals surface area contributed by atoms with E-state index in [1.165, 1.54) is 11.3 Å². The summed E-state index contributed by atoms with van der Waals surface area (Å²) < 4.78 is 0. The van der Waals surface area contributed by atoms with Gasteiger partial charge in [0.05, 0.1) is 5.69 Å². The number of aryl methyl sites for hydroxylation is 2. The zero-order valence-electron chi connectivity index (χ0n) is 7.24. The maximum Gasteiger partial charge on any atom is 0.394 e. The number of aromatic nitrogens is 1. The molecule has 74 valence electrons. The molecule has 5 nitrogen and oxygen atoms in total. The van der Waals surface area contributed by atoms with Crippen LogP contribution in [-0.2, 0) is 22.4 Å². The third-order valence-corrected chi connectivity index (χ3v) is 3.08. The molecule has 0 aliphatic heterocycles. The number of rotatable bonds is 1. The lowest BCUT2D eigenvalue weighted by atomic mass is 10.4. The number of hydrogen-bond donors (Lipinski definition) is 2. The number of nitrogens with zero attached hydrogens (tertiary/aromatic N) is 1. The molecule has 0 unspecified atom stereocenters. The van der Waals surface area contributed by atoms with Crippen LogP contribution in [0, 0.1) is 0 Å². The molecular weight excluding hydrogens is 204 g/mol. The minimum Gasteiger partial charge on any atom is -0.474 e. The summed E-state index contributed by atoms with van der Waals surface area (Å²) in [6.45, 7) is 0. The first kappa shape index (κ1) is 9.14. The van der Waals surface area contributed by atoms with Crippen molar-refractivity contribution in [1.82, 2.24) is 4.98 Å². The molecule has 0 spiro atoms. The van der Waals surface area contributed by atoms with E-state index in [2.05, 4.69) is 10.3 Å². The van der Waals surface area contributed by atoms with E-state index < -0.39 is 11.9 Å². The first-order chi connectivity index (χ1) is 6.66. The first-order valence-corrected chi connectivity index (χ1v) is 5.01. The van der Waals surface area contributed by atoms with Crippen LogP contribution in [0.25, 0.3) is 0 Å². The molecule has 1 aromatic heterocycles. The van der Waals surface area contributed by atoms with E-state index in [0.717, 1.165) is 29.8 Å². The normalized spacial score (nSPS) is 13.7. The molecular formula is C8H8N2O3S. The molecule has 1 heterocycles. The Morgan fingerprint density at radius 2 is 2.21 bits per heavy atom. The van der Waals surface area contributed by atoms with Crippen LogP contribution in [0.2, 0.25) is 0 Å². The maximum atomic E-state index is 10.8. The van der Waals surface area contributed by atoms with Crippen LogP contribution in [-0.4, -0.2) is 22.0 Å². The van der Waals surface area contributed by atoms with Crippen molar-refractivity contribution in [2.75, 3.05) is 5.32 Å². The van der Waals surface area contributed by atoms with Crippen LogP contribution >= 0.6 is 11.3 Å². The smallest absolute Gasteiger partial charge is 0.394 e. The van der Waals surface area contributed by atoms with Crippen LogP contribution in [0.15, 0.2) is 0 Å². The topological polar surface area (TPSA) is 79.3 Å². The zero-order chi connectivity index (χ0) is 10.1. The molecule has 0 bridgehead atoms. The lowest BCUT2D eigenvalue weighted by Gasteiger charge is -1.94. The van der Waals surface area contributed by atoms with Crippen molar-refractivity contribution in [3.63, 3.8) is 0 Å². The van der Waals surface area contributed by atoms with Crippen molar-refractivity contribution < 1.29 is 14.7 Å². The van der Waals surface area contributed by atoms with Gasteiger partial charge in [-0.25, -0.2) is 9.78 Å². The van der Waals surface area contributed by atoms with Gasteiger partial charge in [0.15, 0.2) is 5.13 Å². The van der Waals surface area contributed by atoms with Crippen molar-refractivity contribution >= 4 is 28.3 Å². The van der Waals surface area contributed by atoms with Gasteiger partial charge in [0.1, 0.15) is 0 Å². The highest BCUT2D eigenvalue weighted by Gasteiger charge is 2.19. The molecule has 0 saturated heterocycles. The fraction of sp³-hybridized carbons (Fsp3) is 0.375. The second-order valence-electron chi connectivity index (χ2n) is 3.00. The average molecular weight is 212 g/mol. The second-order valence-corrected chi connectivity index (χ2v) is 4.09. The molecule has 0 saturated carbocycles. The summed E-state index contributed by atoms with van der Waals surface area (Å²) in [6.07, 6.45) is 3.01. The Bertz CT molecular complexity index is 378. The number of thiazole rings is 1. The number of aliphatic carboxylic acids is 1. The lowest BCUT2D eigenvalue weighted by molar-refractivity contribution is -0.147. The summed E-state index contributed by atoms with van der Waals surface area (Å²) in [5.41, 5.74) is 0.996. The van der Waals surface area contributed by atoms with E-state index in [0.29, 0.717) is 5.13 Å². The fourth-order valence-corrected chi connectivity index (χ4v) is 2.44. The number of carbonyl (C=O) groups is 2. The Hall–Kier alpha value is -1.43. The van der Waals surface area contributed by atoms with Gasteiger partial charge in [-0.15, -0.1) is 11.3 Å². The number of fused-ring (bicyclic) bond motifs is 1. The molecule has 1 amide bonds. The second kappa shape index (κ2) is 3.38. The SMILES string of the molecule is O=C(O)C(=O)Nc1nc2c(s1)CCC2. The minimum absolute atomic E-state index is 0.391. The molecule has 1 aliphatic carbocycles. The fourth-order valence-electron chi connectivity index (χ4n) is 1.39. The highest BCUT2D eigenvalue weighted by molar-refractivity contribution is 7.16. The van der Waals surface area contributed by atoms with E-state index in [4.69, 9.17) is 5.11 Å². The predicted octanol–water partition coefficient (Wildman–Crippen LogP) is 0.655. The van der Waals surface area contributed by atoms with Gasteiger partial charge in [0, 0.05) is 4.88 Å². The third kappa shape index (κ3) is 1.60. The van der Waals surface area contributed by atoms with Crippen molar-refractivity contribution in [1.29, 1.82) is 0 Å². The van der Waals surface area contributed by atoms with Crippen molar-refractivity contribution in [3.05, 3.63) is 10.6 Å². The van der Waals surface area contributed by atoms with E-state index in [1.54, 1.807) is 0 Å². The number of hydrogen-bond acceptors (Lipinski definition) is 4. The minimum atomic E-state index is -1.49. The van der Waals surface area contributed by atoms with E-state index in [1.807, 2.05) is 0 Å². The van der Waals surface area contributed by atoms with Gasteiger partial charge in [-0.3, -0.25) is 10.1 Å². The Morgan fingerprint density at radius 1 is 1.43 bits per heavy atom. The molecule has 2 N–H and O–H groups in total. The van der Waals surface area contributed by atoms with Crippen LogP contribution in [0.4, 0.5) is 5.13 Å². The molecule has 6 heteroatoms. The van der Waals surface area contributed by atoms with Crippen LogP contribution < -0.4 is 5.32 Å². The lowest BCUT2D eigenvalue weighted by Crippen LogP contribution is -2.21. The maximum absolute atomic E-state index is 10.8. The van der Waals surface area contributed by atoms with Gasteiger partial charge >= 0.3 is 11.9 Å². The molecule has 0 aromatic carbocycles. The monoisotopic (exact) mass is 212 g/mol. The largest absolute Gasteiger partial charge is 0.474 e. The zero-order valence-corrected chi connectivity index (χ0v) is 8.06. The molecule has 0 fully saturated rings. The Labute approximate surface area is 83.8 Å². The molecule has 1 aliphatic rings. The molecule has 0 radical (unpaired) electrons. The summed E-state index contributed by atoms with van der Waals surface area (Å²) in [7, 11) is 0. The van der Waals surface area contributed by atoms with Crippen molar-refractivity contribution in [2.24, 2.45) is 0 Å². The summed E-state index contributed by atoms with van der Waals surface area (Å²) in [6, 6.07) is 0. The Kier molecular flexibility index (Phi) is 2.20. The molecule has 2 rings (SSSR count). The number of carboxylic acid groups (broad SMARTS) is 1. The van der Waals surface area contributed by atoms with Crippen molar-refractivity contribution in [2.45, 2.75) is 19.3 Å². The molecule has 14 heavy (non-hydrogen) atoms. The highest BCUT2D eigenvalue weighted by atomic mass is 32.1. The first-order valence-electron chi connectivity index (χ1n) is 4.19. The van der Waals surface area contributed by atoms with E-state index in [9.17, 15) is 9.59 Å². The number of anilines is 1. The van der Waals surface area contributed by atoms with Crippen LogP contribution in [0.5, 0.6) is 0 Å². The van der Waals surface area contributed by atoms with Gasteiger partial charge in [-0.05, 0) is 19.3 Å². The van der Waals surface area contributed by atoms with E-state index in [-0.39, 0.29) is 0 Å². The van der Waals surface area contributed by atoms with Gasteiger partial charge in [0.2, 0.25) is 0 Å². The molecule has 0 atom stereocenters. The van der Waals surface area contributed by atoms with Crippen molar-refractivity contribution in [3.8, 4) is 0 Å². The summed E-state index contributed by atoms with van der Waals surface area (Å²) in [5, 5.41) is 11.0. The Morgan fingerprint density at radius 3 is 2.86 bits per heavy atom. The third-order valence-electron chi connectivity index (χ3n) is 2.01. The average Bonchev–Trinajstić information content (AvgIpc) is 2.63. The standard InChI is InChI=1S/C8H8N2O3S/c11-6(7(12)13)10-8-9-4-2-1-3-5(4)14-8/h1-3H2,(H,12,13)(H,9,10,11). The number of carbonyl (C=O) groups excluding carboxylic acids is 1. The van der Waals surface area contributed by atoms with E-state index >= 15 is 0 Å². The summed E-state index contributed by atoms with van der Waals surface area (Å²) >= 11 is 1.36. The van der Waals surface area contributed by atoms with Crippen LogP contribution in [0.1, 0.15) is 17.0 Å². The van der Waals surface area contributed by atoms with Gasteiger partial charge < -0.3 is 5.11 Å². The van der Waals surface area contributed by atoms with Gasteiger partial charge in [-0.1, -0.05) is 0 Å². The highest BCUT2D eigenvalue weighted by Crippen LogP contribution is 2.30. The Balaban J connectivity index is 2.11. The van der Waals surface area contributed by atoms with Gasteiger partial charge in [0.25, 0.3) is 0 Å². The predicted molar refractivity (Wildman–Crippen MR) is 50.4 cm³/mol. The number of amides is 1. The molecule has 1 aromatic rings. The quantitative estimate of drug-likeness (QED) is 0.670. The summed E-state index contributed by atoms with van der Waals surface area (Å²) in [5.74, 6) is -2.52. The summed E-state index contributed by atoms with van der Waals surface area (Å²) in [4.78, 5) is 26.3. The van der Waals surface area contributed by atoms with Crippen LogP contribution in [0.3, 0.4) is 0 Å². The van der Waals surface area contributed by atoms with Gasteiger partial charge in [-0.2, -0.15) is 0 Å². The number of carboxylic acids is 1. The number of nitrogens with one attached hydrogen (secondary N) is 1.